The molecule has 0 aliphatic carbocycles. The van der Waals surface area contributed by atoms with Gasteiger partial charge in [-0.2, -0.15) is 13.2 Å². The van der Waals surface area contributed by atoms with E-state index in [0.717, 1.165) is 29.1 Å². The molecule has 40 heavy (non-hydrogen) atoms. The van der Waals surface area contributed by atoms with E-state index < -0.39 is 35.6 Å². The van der Waals surface area contributed by atoms with Gasteiger partial charge in [0.05, 0.1) is 29.2 Å². The third kappa shape index (κ3) is 10.6. The molecule has 2 amide bonds. The second kappa shape index (κ2) is 16.8. The molecule has 1 aromatic carbocycles. The van der Waals surface area contributed by atoms with E-state index in [1.807, 2.05) is 13.1 Å². The van der Waals surface area contributed by atoms with Gasteiger partial charge < -0.3 is 37.5 Å². The normalized spacial score (nSPS) is 12.2. The summed E-state index contributed by atoms with van der Waals surface area (Å²) in [6, 6.07) is 3.55. The first-order valence-corrected chi connectivity index (χ1v) is 12.2. The SMILES string of the molecule is C=Cc1cc(NC)cnc1C=C.NCCN(CCN)C(=O)C(N)C(=O)NC(C=O)Cc1ccc(C(F)(F)F)cc1. The number of aromatic nitrogens is 1. The molecule has 0 aliphatic rings. The molecule has 13 heteroatoms. The zero-order chi connectivity index (χ0) is 30.3. The van der Waals surface area contributed by atoms with Crippen molar-refractivity contribution in [2.75, 3.05) is 38.5 Å². The lowest BCUT2D eigenvalue weighted by Gasteiger charge is -2.25. The van der Waals surface area contributed by atoms with Crippen LogP contribution >= 0.6 is 0 Å². The van der Waals surface area contributed by atoms with Crippen LogP contribution in [0.15, 0.2) is 49.7 Å². The predicted octanol–water partition coefficient (Wildman–Crippen LogP) is 1.41. The number of carbonyl (C=O) groups excluding carboxylic acids is 3. The summed E-state index contributed by atoms with van der Waals surface area (Å²) in [5.74, 6) is -1.57. The standard InChI is InChI=1S/C17H24F3N5O3.C10H12N2/c18-17(19,20)12-3-1-11(2-4-12)9-13(10-26)24-15(27)14(23)16(28)25(7-5-21)8-6-22;1-4-8-6-9(11-3)7-12-10(8)5-2/h1-4,10,13-14H,5-9,21-23H2,(H,24,27);4-7,11H,1-2H2,3H3. The minimum Gasteiger partial charge on any atom is -0.387 e. The van der Waals surface area contributed by atoms with Gasteiger partial charge in [-0.3, -0.25) is 14.6 Å². The number of nitrogens with two attached hydrogens (primary N) is 3. The lowest BCUT2D eigenvalue weighted by molar-refractivity contribution is -0.139. The molecule has 218 valence electrons. The van der Waals surface area contributed by atoms with Gasteiger partial charge in [-0.1, -0.05) is 31.4 Å². The fraction of sp³-hybridized carbons (Fsp3) is 0.333. The third-order valence-corrected chi connectivity index (χ3v) is 5.54. The highest BCUT2D eigenvalue weighted by atomic mass is 19.4. The highest BCUT2D eigenvalue weighted by Gasteiger charge is 2.30. The summed E-state index contributed by atoms with van der Waals surface area (Å²) in [4.78, 5) is 41.1. The maximum absolute atomic E-state index is 12.6. The van der Waals surface area contributed by atoms with E-state index in [0.29, 0.717) is 11.8 Å². The zero-order valence-corrected chi connectivity index (χ0v) is 22.3. The maximum Gasteiger partial charge on any atom is 0.416 e. The Morgan fingerprint density at radius 3 is 2.15 bits per heavy atom. The average Bonchev–Trinajstić information content (AvgIpc) is 2.95. The Labute approximate surface area is 231 Å². The Balaban J connectivity index is 0.000000552. The van der Waals surface area contributed by atoms with E-state index in [-0.39, 0.29) is 32.6 Å². The summed E-state index contributed by atoms with van der Waals surface area (Å²) in [6.45, 7) is 8.01. The van der Waals surface area contributed by atoms with Gasteiger partial charge >= 0.3 is 6.18 Å². The Morgan fingerprint density at radius 2 is 1.70 bits per heavy atom. The van der Waals surface area contributed by atoms with Gasteiger partial charge in [-0.25, -0.2) is 0 Å². The van der Waals surface area contributed by atoms with Crippen LogP contribution in [0.2, 0.25) is 0 Å². The number of carbonyl (C=O) groups is 3. The smallest absolute Gasteiger partial charge is 0.387 e. The molecule has 0 saturated carbocycles. The van der Waals surface area contributed by atoms with Crippen LogP contribution in [0.1, 0.15) is 22.4 Å². The van der Waals surface area contributed by atoms with Crippen LogP contribution in [0, 0.1) is 0 Å². The molecule has 10 nitrogen and oxygen atoms in total. The molecule has 0 aliphatic heterocycles. The number of rotatable bonds is 13. The Kier molecular flexibility index (Phi) is 14.3. The number of amides is 2. The number of anilines is 1. The van der Waals surface area contributed by atoms with Crippen LogP contribution in [0.25, 0.3) is 12.2 Å². The van der Waals surface area contributed by atoms with Gasteiger partial charge in [0, 0.05) is 38.8 Å². The molecule has 2 atom stereocenters. The average molecular weight is 564 g/mol. The minimum atomic E-state index is -4.47. The summed E-state index contributed by atoms with van der Waals surface area (Å²) >= 11 is 0. The first-order valence-electron chi connectivity index (χ1n) is 12.2. The minimum absolute atomic E-state index is 0.0520. The predicted molar refractivity (Wildman–Crippen MR) is 150 cm³/mol. The molecule has 8 N–H and O–H groups in total. The highest BCUT2D eigenvalue weighted by Crippen LogP contribution is 2.29. The van der Waals surface area contributed by atoms with E-state index in [1.165, 1.54) is 17.0 Å². The molecule has 1 aromatic heterocycles. The second-order valence-corrected chi connectivity index (χ2v) is 8.39. The molecule has 2 unspecified atom stereocenters. The van der Waals surface area contributed by atoms with Crippen molar-refractivity contribution < 1.29 is 27.6 Å². The number of aldehydes is 1. The third-order valence-electron chi connectivity index (χ3n) is 5.54. The number of alkyl halides is 3. The van der Waals surface area contributed by atoms with Gasteiger partial charge in [0.1, 0.15) is 6.29 Å². The Hall–Kier alpha value is -4.07. The molecular formula is C27H36F3N7O3. The molecule has 2 rings (SSSR count). The quantitative estimate of drug-likeness (QED) is 0.180. The van der Waals surface area contributed by atoms with Crippen LogP contribution in [0.3, 0.4) is 0 Å². The molecule has 0 radical (unpaired) electrons. The Bertz CT molecular complexity index is 1140. The van der Waals surface area contributed by atoms with Gasteiger partial charge in [0.15, 0.2) is 6.04 Å². The lowest BCUT2D eigenvalue weighted by Crippen LogP contribution is -2.56. The summed E-state index contributed by atoms with van der Waals surface area (Å²) in [6.07, 6.45) is 1.15. The van der Waals surface area contributed by atoms with Crippen molar-refractivity contribution in [3.8, 4) is 0 Å². The van der Waals surface area contributed by atoms with Crippen molar-refractivity contribution in [3.05, 3.63) is 72.1 Å². The molecule has 0 fully saturated rings. The molecule has 1 heterocycles. The van der Waals surface area contributed by atoms with E-state index in [4.69, 9.17) is 17.2 Å². The van der Waals surface area contributed by atoms with E-state index in [1.54, 1.807) is 18.3 Å². The fourth-order valence-electron chi connectivity index (χ4n) is 3.41. The molecule has 2 aromatic rings. The largest absolute Gasteiger partial charge is 0.416 e. The summed E-state index contributed by atoms with van der Waals surface area (Å²) in [5, 5.41) is 5.32. The highest BCUT2D eigenvalue weighted by molar-refractivity contribution is 6.04. The first kappa shape index (κ1) is 34.0. The van der Waals surface area contributed by atoms with Gasteiger partial charge in [-0.15, -0.1) is 0 Å². The van der Waals surface area contributed by atoms with Gasteiger partial charge in [0.25, 0.3) is 0 Å². The maximum atomic E-state index is 12.6. The van der Waals surface area contributed by atoms with Crippen molar-refractivity contribution in [2.24, 2.45) is 17.2 Å². The van der Waals surface area contributed by atoms with Gasteiger partial charge in [0.2, 0.25) is 11.8 Å². The summed E-state index contributed by atoms with van der Waals surface area (Å²) in [7, 11) is 1.86. The number of halogens is 3. The molecular weight excluding hydrogens is 527 g/mol. The van der Waals surface area contributed by atoms with Crippen LogP contribution < -0.4 is 27.8 Å². The fourth-order valence-corrected chi connectivity index (χ4v) is 3.41. The second-order valence-electron chi connectivity index (χ2n) is 8.39. The Morgan fingerprint density at radius 1 is 1.10 bits per heavy atom. The van der Waals surface area contributed by atoms with Crippen molar-refractivity contribution in [2.45, 2.75) is 24.7 Å². The van der Waals surface area contributed by atoms with Crippen molar-refractivity contribution in [1.82, 2.24) is 15.2 Å². The molecule has 0 bridgehead atoms. The monoisotopic (exact) mass is 563 g/mol. The van der Waals surface area contributed by atoms with Crippen molar-refractivity contribution >= 4 is 35.9 Å². The van der Waals surface area contributed by atoms with Crippen molar-refractivity contribution in [1.29, 1.82) is 0 Å². The molecule has 0 saturated heterocycles. The first-order chi connectivity index (χ1) is 18.9. The number of nitrogens with zero attached hydrogens (tertiary/aromatic N) is 2. The number of hydrogen-bond donors (Lipinski definition) is 5. The van der Waals surface area contributed by atoms with Crippen LogP contribution in [-0.4, -0.2) is 73.3 Å². The topological polar surface area (TPSA) is 169 Å². The van der Waals surface area contributed by atoms with Crippen LogP contribution in [0.4, 0.5) is 18.9 Å². The van der Waals surface area contributed by atoms with Crippen LogP contribution in [0.5, 0.6) is 0 Å². The van der Waals surface area contributed by atoms with E-state index in [9.17, 15) is 27.6 Å². The lowest BCUT2D eigenvalue weighted by atomic mass is 10.0. The van der Waals surface area contributed by atoms with E-state index in [2.05, 4.69) is 28.8 Å². The number of nitrogens with one attached hydrogen (secondary N) is 2. The van der Waals surface area contributed by atoms with Crippen molar-refractivity contribution in [3.63, 3.8) is 0 Å². The zero-order valence-electron chi connectivity index (χ0n) is 22.3. The molecule has 0 spiro atoms. The summed E-state index contributed by atoms with van der Waals surface area (Å²) < 4.78 is 37.7. The van der Waals surface area contributed by atoms with E-state index >= 15 is 0 Å². The number of hydrogen-bond acceptors (Lipinski definition) is 8. The number of benzene rings is 1. The van der Waals surface area contributed by atoms with Gasteiger partial charge in [-0.05, 0) is 36.3 Å². The number of pyridine rings is 1. The van der Waals surface area contributed by atoms with Crippen LogP contribution in [-0.2, 0) is 27.0 Å². The summed E-state index contributed by atoms with van der Waals surface area (Å²) in [5.41, 5.74) is 18.9.